The molecule has 0 aliphatic carbocycles. The molecule has 0 saturated heterocycles. The smallest absolute Gasteiger partial charge is 0.303 e. The lowest BCUT2D eigenvalue weighted by atomic mass is 10.0. The molecule has 3 nitrogen and oxygen atoms in total. The van der Waals surface area contributed by atoms with Crippen molar-refractivity contribution in [3.63, 3.8) is 0 Å². The van der Waals surface area contributed by atoms with Crippen LogP contribution in [0.2, 0.25) is 0 Å². The number of carboxylic acid groups (broad SMARTS) is 1. The van der Waals surface area contributed by atoms with Gasteiger partial charge in [-0.25, -0.2) is 0 Å². The Bertz CT molecular complexity index is 552. The molecule has 2 rings (SSSR count). The summed E-state index contributed by atoms with van der Waals surface area (Å²) in [4.78, 5) is 14.9. The van der Waals surface area contributed by atoms with Gasteiger partial charge in [0.1, 0.15) is 0 Å². The van der Waals surface area contributed by atoms with Gasteiger partial charge in [0.15, 0.2) is 0 Å². The van der Waals surface area contributed by atoms with Gasteiger partial charge in [-0.2, -0.15) is 0 Å². The third kappa shape index (κ3) is 4.07. The van der Waals surface area contributed by atoms with E-state index in [2.05, 4.69) is 18.0 Å². The van der Waals surface area contributed by atoms with Crippen molar-refractivity contribution in [1.29, 1.82) is 0 Å². The minimum Gasteiger partial charge on any atom is -0.481 e. The molecule has 2 aromatic rings. The normalized spacial score (nSPS) is 9.74. The van der Waals surface area contributed by atoms with Gasteiger partial charge in [-0.15, -0.1) is 12.4 Å². The molecule has 1 N–H and O–H groups in total. The minimum atomic E-state index is -0.780. The number of carboxylic acids is 1. The number of aliphatic carboxylic acids is 1. The Morgan fingerprint density at radius 1 is 1.21 bits per heavy atom. The highest BCUT2D eigenvalue weighted by atomic mass is 35.5. The zero-order chi connectivity index (χ0) is 13.0. The molecule has 1 aromatic heterocycles. The standard InChI is InChI=1S/C15H15NO2.ClH/c1-11-4-2-3-5-13(11)14-8-6-12(10-16-14)7-9-15(17)18;/h2-6,8,10H,7,9H2,1H3,(H,17,18);1H. The highest BCUT2D eigenvalue weighted by Gasteiger charge is 2.03. The number of aryl methyl sites for hydroxylation is 2. The monoisotopic (exact) mass is 277 g/mol. The van der Waals surface area contributed by atoms with Crippen LogP contribution in [0.4, 0.5) is 0 Å². The summed E-state index contributed by atoms with van der Waals surface area (Å²) in [6.45, 7) is 2.05. The molecule has 0 amide bonds. The molecule has 1 aromatic carbocycles. The summed E-state index contributed by atoms with van der Waals surface area (Å²) >= 11 is 0. The number of hydrogen-bond donors (Lipinski definition) is 1. The molecule has 100 valence electrons. The Balaban J connectivity index is 0.00000180. The maximum absolute atomic E-state index is 10.5. The summed E-state index contributed by atoms with van der Waals surface area (Å²) in [5.74, 6) is -0.780. The van der Waals surface area contributed by atoms with Crippen molar-refractivity contribution in [3.05, 3.63) is 53.7 Å². The van der Waals surface area contributed by atoms with Crippen LogP contribution >= 0.6 is 12.4 Å². The van der Waals surface area contributed by atoms with E-state index in [-0.39, 0.29) is 18.8 Å². The first-order chi connectivity index (χ1) is 8.66. The molecule has 0 radical (unpaired) electrons. The van der Waals surface area contributed by atoms with Crippen molar-refractivity contribution < 1.29 is 9.90 Å². The highest BCUT2D eigenvalue weighted by molar-refractivity contribution is 5.85. The Morgan fingerprint density at radius 3 is 2.53 bits per heavy atom. The van der Waals surface area contributed by atoms with Gasteiger partial charge < -0.3 is 5.11 Å². The largest absolute Gasteiger partial charge is 0.481 e. The number of hydrogen-bond acceptors (Lipinski definition) is 2. The second-order valence-corrected chi connectivity index (χ2v) is 4.26. The first-order valence-corrected chi connectivity index (χ1v) is 5.89. The van der Waals surface area contributed by atoms with E-state index >= 15 is 0 Å². The fourth-order valence-electron chi connectivity index (χ4n) is 1.84. The minimum absolute atomic E-state index is 0. The first kappa shape index (κ1) is 15.2. The predicted molar refractivity (Wildman–Crippen MR) is 77.6 cm³/mol. The number of carbonyl (C=O) groups is 1. The Morgan fingerprint density at radius 2 is 1.95 bits per heavy atom. The second kappa shape index (κ2) is 6.90. The summed E-state index contributed by atoms with van der Waals surface area (Å²) < 4.78 is 0. The summed E-state index contributed by atoms with van der Waals surface area (Å²) in [5.41, 5.74) is 4.17. The molecule has 19 heavy (non-hydrogen) atoms. The van der Waals surface area contributed by atoms with Crippen LogP contribution in [-0.4, -0.2) is 16.1 Å². The van der Waals surface area contributed by atoms with E-state index in [0.717, 1.165) is 16.8 Å². The molecular weight excluding hydrogens is 262 g/mol. The topological polar surface area (TPSA) is 50.2 Å². The molecule has 0 bridgehead atoms. The second-order valence-electron chi connectivity index (χ2n) is 4.26. The van der Waals surface area contributed by atoms with Gasteiger partial charge in [-0.3, -0.25) is 9.78 Å². The van der Waals surface area contributed by atoms with Crippen LogP contribution in [0.5, 0.6) is 0 Å². The summed E-state index contributed by atoms with van der Waals surface area (Å²) in [7, 11) is 0. The number of rotatable bonds is 4. The van der Waals surface area contributed by atoms with E-state index in [1.165, 1.54) is 5.56 Å². The maximum Gasteiger partial charge on any atom is 0.303 e. The van der Waals surface area contributed by atoms with Crippen LogP contribution in [0.3, 0.4) is 0 Å². The number of benzene rings is 1. The number of halogens is 1. The maximum atomic E-state index is 10.5. The van der Waals surface area contributed by atoms with E-state index < -0.39 is 5.97 Å². The number of pyridine rings is 1. The fraction of sp³-hybridized carbons (Fsp3) is 0.200. The molecule has 4 heteroatoms. The van der Waals surface area contributed by atoms with E-state index in [4.69, 9.17) is 5.11 Å². The van der Waals surface area contributed by atoms with Gasteiger partial charge in [-0.1, -0.05) is 30.3 Å². The summed E-state index contributed by atoms with van der Waals surface area (Å²) in [5, 5.41) is 8.62. The molecule has 0 atom stereocenters. The van der Waals surface area contributed by atoms with Crippen LogP contribution < -0.4 is 0 Å². The molecule has 1 heterocycles. The average Bonchev–Trinajstić information content (AvgIpc) is 2.38. The molecule has 0 unspecified atom stereocenters. The molecule has 0 aliphatic rings. The van der Waals surface area contributed by atoms with Gasteiger partial charge >= 0.3 is 5.97 Å². The van der Waals surface area contributed by atoms with Crippen molar-refractivity contribution in [2.45, 2.75) is 19.8 Å². The van der Waals surface area contributed by atoms with Crippen LogP contribution in [-0.2, 0) is 11.2 Å². The van der Waals surface area contributed by atoms with Crippen molar-refractivity contribution in [2.75, 3.05) is 0 Å². The van der Waals surface area contributed by atoms with Gasteiger partial charge in [0.2, 0.25) is 0 Å². The molecule has 0 fully saturated rings. The third-order valence-corrected chi connectivity index (χ3v) is 2.87. The fourth-order valence-corrected chi connectivity index (χ4v) is 1.84. The van der Waals surface area contributed by atoms with E-state index in [1.807, 2.05) is 30.3 Å². The lowest BCUT2D eigenvalue weighted by Gasteiger charge is -2.05. The van der Waals surface area contributed by atoms with Crippen LogP contribution in [0.1, 0.15) is 17.5 Å². The number of nitrogens with zero attached hydrogens (tertiary/aromatic N) is 1. The average molecular weight is 278 g/mol. The summed E-state index contributed by atoms with van der Waals surface area (Å²) in [6, 6.07) is 12.0. The third-order valence-electron chi connectivity index (χ3n) is 2.87. The molecule has 0 spiro atoms. The van der Waals surface area contributed by atoms with E-state index in [0.29, 0.717) is 6.42 Å². The molecule has 0 saturated carbocycles. The van der Waals surface area contributed by atoms with Gasteiger partial charge in [-0.05, 0) is 30.5 Å². The Hall–Kier alpha value is -1.87. The molecule has 0 aliphatic heterocycles. The van der Waals surface area contributed by atoms with Crippen molar-refractivity contribution >= 4 is 18.4 Å². The number of aromatic nitrogens is 1. The Kier molecular flexibility index (Phi) is 5.52. The van der Waals surface area contributed by atoms with Crippen LogP contribution in [0.15, 0.2) is 42.6 Å². The van der Waals surface area contributed by atoms with Crippen molar-refractivity contribution in [1.82, 2.24) is 4.98 Å². The zero-order valence-electron chi connectivity index (χ0n) is 10.7. The predicted octanol–water partition coefficient (Wildman–Crippen LogP) is 3.50. The van der Waals surface area contributed by atoms with Crippen LogP contribution in [0.25, 0.3) is 11.3 Å². The lowest BCUT2D eigenvalue weighted by Crippen LogP contribution is -1.98. The van der Waals surface area contributed by atoms with Crippen molar-refractivity contribution in [3.8, 4) is 11.3 Å². The zero-order valence-corrected chi connectivity index (χ0v) is 11.5. The summed E-state index contributed by atoms with van der Waals surface area (Å²) in [6.07, 6.45) is 2.42. The quantitative estimate of drug-likeness (QED) is 0.930. The SMILES string of the molecule is Cc1ccccc1-c1ccc(CCC(=O)O)cn1.Cl. The lowest BCUT2D eigenvalue weighted by molar-refractivity contribution is -0.136. The van der Waals surface area contributed by atoms with Crippen molar-refractivity contribution in [2.24, 2.45) is 0 Å². The van der Waals surface area contributed by atoms with Gasteiger partial charge in [0, 0.05) is 18.2 Å². The van der Waals surface area contributed by atoms with E-state index in [1.54, 1.807) is 6.20 Å². The molecular formula is C15H16ClNO2. The van der Waals surface area contributed by atoms with E-state index in [9.17, 15) is 4.79 Å². The first-order valence-electron chi connectivity index (χ1n) is 5.89. The van der Waals surface area contributed by atoms with Gasteiger partial charge in [0.25, 0.3) is 0 Å². The Labute approximate surface area is 118 Å². The highest BCUT2D eigenvalue weighted by Crippen LogP contribution is 2.21. The van der Waals surface area contributed by atoms with Gasteiger partial charge in [0.05, 0.1) is 5.69 Å². The van der Waals surface area contributed by atoms with Crippen LogP contribution in [0, 0.1) is 6.92 Å².